The highest BCUT2D eigenvalue weighted by Crippen LogP contribution is 2.22. The molecule has 0 radical (unpaired) electrons. The number of carbonyl (C=O) groups is 2. The second-order valence-electron chi connectivity index (χ2n) is 6.59. The number of nitrogens with zero attached hydrogens (tertiary/aromatic N) is 3. The zero-order chi connectivity index (χ0) is 22.2. The normalized spacial score (nSPS) is 10.9. The number of benzene rings is 2. The number of aryl methyl sites for hydroxylation is 1. The molecule has 0 unspecified atom stereocenters. The van der Waals surface area contributed by atoms with Crippen molar-refractivity contribution in [3.63, 3.8) is 0 Å². The van der Waals surface area contributed by atoms with E-state index in [0.29, 0.717) is 23.3 Å². The maximum atomic E-state index is 12.3. The molecular weight excluding hydrogens is 414 g/mol. The molecule has 9 heteroatoms. The Hall–Kier alpha value is -3.59. The number of carbonyl (C=O) groups excluding carboxylic acids is 2. The number of esters is 1. The summed E-state index contributed by atoms with van der Waals surface area (Å²) in [6, 6.07) is 14.9. The van der Waals surface area contributed by atoms with E-state index in [1.54, 1.807) is 37.3 Å². The summed E-state index contributed by atoms with van der Waals surface area (Å²) in [7, 11) is 0. The van der Waals surface area contributed by atoms with Gasteiger partial charge in [-0.25, -0.2) is 9.47 Å². The maximum Gasteiger partial charge on any atom is 0.330 e. The van der Waals surface area contributed by atoms with Gasteiger partial charge >= 0.3 is 5.97 Å². The number of aromatic nitrogens is 3. The van der Waals surface area contributed by atoms with Gasteiger partial charge in [0, 0.05) is 17.3 Å². The highest BCUT2D eigenvalue weighted by atomic mass is 32.2. The molecule has 3 N–H and O–H groups in total. The molecule has 2 aromatic carbocycles. The molecule has 8 nitrogen and oxygen atoms in total. The molecule has 0 spiro atoms. The molecule has 0 aliphatic rings. The maximum absolute atomic E-state index is 12.3. The largest absolute Gasteiger partial charge is 0.463 e. The molecule has 1 heterocycles. The van der Waals surface area contributed by atoms with Gasteiger partial charge in [-0.15, -0.1) is 10.2 Å². The minimum absolute atomic E-state index is 0.133. The second-order valence-corrected chi connectivity index (χ2v) is 7.53. The second kappa shape index (κ2) is 10.4. The summed E-state index contributed by atoms with van der Waals surface area (Å²) in [4.78, 5) is 23.6. The van der Waals surface area contributed by atoms with Crippen LogP contribution in [0.15, 0.2) is 59.8 Å². The van der Waals surface area contributed by atoms with Crippen molar-refractivity contribution >= 4 is 35.4 Å². The van der Waals surface area contributed by atoms with E-state index in [9.17, 15) is 9.59 Å². The van der Waals surface area contributed by atoms with Gasteiger partial charge in [0.2, 0.25) is 11.1 Å². The number of ether oxygens (including phenoxy) is 1. The zero-order valence-electron chi connectivity index (χ0n) is 17.2. The third kappa shape index (κ3) is 6.19. The molecule has 31 heavy (non-hydrogen) atoms. The predicted molar refractivity (Wildman–Crippen MR) is 122 cm³/mol. The molecule has 3 rings (SSSR count). The van der Waals surface area contributed by atoms with Gasteiger partial charge in [-0.1, -0.05) is 53.7 Å². The smallest absolute Gasteiger partial charge is 0.330 e. The molecule has 0 saturated carbocycles. The molecule has 0 bridgehead atoms. The first-order chi connectivity index (χ1) is 15.0. The molecule has 0 fully saturated rings. The number of thioether (sulfide) groups is 1. The van der Waals surface area contributed by atoms with Gasteiger partial charge in [0.1, 0.15) is 0 Å². The van der Waals surface area contributed by atoms with Gasteiger partial charge in [0.15, 0.2) is 5.82 Å². The van der Waals surface area contributed by atoms with Crippen molar-refractivity contribution in [2.45, 2.75) is 19.0 Å². The van der Waals surface area contributed by atoms with Crippen LogP contribution in [0.5, 0.6) is 0 Å². The van der Waals surface area contributed by atoms with E-state index in [-0.39, 0.29) is 11.7 Å². The van der Waals surface area contributed by atoms with E-state index < -0.39 is 5.97 Å². The number of rotatable bonds is 8. The van der Waals surface area contributed by atoms with E-state index >= 15 is 0 Å². The van der Waals surface area contributed by atoms with Crippen LogP contribution < -0.4 is 11.2 Å². The van der Waals surface area contributed by atoms with Gasteiger partial charge in [-0.3, -0.25) is 4.79 Å². The van der Waals surface area contributed by atoms with Gasteiger partial charge in [-0.05, 0) is 37.6 Å². The van der Waals surface area contributed by atoms with Crippen molar-refractivity contribution in [3.8, 4) is 11.4 Å². The monoisotopic (exact) mass is 437 g/mol. The van der Waals surface area contributed by atoms with Crippen LogP contribution in [0.4, 0.5) is 5.69 Å². The summed E-state index contributed by atoms with van der Waals surface area (Å²) < 4.78 is 6.22. The first-order valence-electron chi connectivity index (χ1n) is 9.61. The number of anilines is 1. The molecule has 160 valence electrons. The molecule has 0 atom stereocenters. The number of hydrogen-bond donors (Lipinski definition) is 2. The Morgan fingerprint density at radius 2 is 1.84 bits per heavy atom. The average Bonchev–Trinajstić information content (AvgIpc) is 3.13. The molecule has 3 aromatic rings. The Bertz CT molecular complexity index is 1080. The minimum Gasteiger partial charge on any atom is -0.463 e. The fourth-order valence-corrected chi connectivity index (χ4v) is 3.29. The van der Waals surface area contributed by atoms with Gasteiger partial charge in [0.25, 0.3) is 0 Å². The average molecular weight is 438 g/mol. The zero-order valence-corrected chi connectivity index (χ0v) is 18.1. The summed E-state index contributed by atoms with van der Waals surface area (Å²) in [5.74, 6) is 6.18. The van der Waals surface area contributed by atoms with Crippen LogP contribution in [0.1, 0.15) is 18.1 Å². The van der Waals surface area contributed by atoms with E-state index in [2.05, 4.69) is 15.5 Å². The number of nitrogen functional groups attached to an aromatic ring is 1. The van der Waals surface area contributed by atoms with Crippen molar-refractivity contribution in [1.29, 1.82) is 0 Å². The quantitative estimate of drug-likeness (QED) is 0.241. The first kappa shape index (κ1) is 22.1. The molecule has 0 aliphatic heterocycles. The van der Waals surface area contributed by atoms with Crippen molar-refractivity contribution in [3.05, 3.63) is 65.7 Å². The predicted octanol–water partition coefficient (Wildman–Crippen LogP) is 3.27. The fourth-order valence-electron chi connectivity index (χ4n) is 2.63. The number of nitrogens with two attached hydrogens (primary N) is 1. The van der Waals surface area contributed by atoms with Crippen LogP contribution in [-0.2, 0) is 14.3 Å². The lowest BCUT2D eigenvalue weighted by Gasteiger charge is -2.06. The number of nitrogens with one attached hydrogen (secondary N) is 1. The molecular formula is C22H23N5O3S. The lowest BCUT2D eigenvalue weighted by atomic mass is 10.1. The Morgan fingerprint density at radius 1 is 1.13 bits per heavy atom. The van der Waals surface area contributed by atoms with Crippen LogP contribution in [0, 0.1) is 6.92 Å². The van der Waals surface area contributed by atoms with Gasteiger partial charge < -0.3 is 15.9 Å². The summed E-state index contributed by atoms with van der Waals surface area (Å²) >= 11 is 1.20. The SMILES string of the molecule is CCOC(=O)/C=C/c1ccc(NC(=O)CSc2nnc(-c3ccc(C)cc3)n2N)cc1. The number of hydrogen-bond acceptors (Lipinski definition) is 7. The fraction of sp³-hybridized carbons (Fsp3) is 0.182. The third-order valence-corrected chi connectivity index (χ3v) is 5.14. The molecule has 0 aliphatic carbocycles. The summed E-state index contributed by atoms with van der Waals surface area (Å²) in [6.07, 6.45) is 3.01. The van der Waals surface area contributed by atoms with Crippen LogP contribution in [0.2, 0.25) is 0 Å². The Kier molecular flexibility index (Phi) is 7.45. The van der Waals surface area contributed by atoms with Crippen LogP contribution in [0.25, 0.3) is 17.5 Å². The van der Waals surface area contributed by atoms with Crippen LogP contribution in [0.3, 0.4) is 0 Å². The van der Waals surface area contributed by atoms with Crippen molar-refractivity contribution in [2.24, 2.45) is 0 Å². The topological polar surface area (TPSA) is 112 Å². The Morgan fingerprint density at radius 3 is 2.52 bits per heavy atom. The molecule has 1 aromatic heterocycles. The lowest BCUT2D eigenvalue weighted by molar-refractivity contribution is -0.137. The first-order valence-corrected chi connectivity index (χ1v) is 10.6. The van der Waals surface area contributed by atoms with E-state index in [1.807, 2.05) is 31.2 Å². The molecule has 0 saturated heterocycles. The third-order valence-electron chi connectivity index (χ3n) is 4.20. The lowest BCUT2D eigenvalue weighted by Crippen LogP contribution is -2.16. The van der Waals surface area contributed by atoms with Gasteiger partial charge in [0.05, 0.1) is 12.4 Å². The van der Waals surface area contributed by atoms with Crippen LogP contribution in [-0.4, -0.2) is 39.1 Å². The van der Waals surface area contributed by atoms with Crippen molar-refractivity contribution in [2.75, 3.05) is 23.5 Å². The Balaban J connectivity index is 1.53. The Labute approximate surface area is 184 Å². The van der Waals surface area contributed by atoms with E-state index in [4.69, 9.17) is 10.6 Å². The highest BCUT2D eigenvalue weighted by molar-refractivity contribution is 7.99. The van der Waals surface area contributed by atoms with E-state index in [0.717, 1.165) is 16.7 Å². The molecule has 1 amide bonds. The highest BCUT2D eigenvalue weighted by Gasteiger charge is 2.14. The summed E-state index contributed by atoms with van der Waals surface area (Å²) in [5, 5.41) is 11.5. The minimum atomic E-state index is -0.393. The standard InChI is InChI=1S/C22H23N5O3S/c1-3-30-20(29)13-8-16-6-11-18(12-7-16)24-19(28)14-31-22-26-25-21(27(22)23)17-9-4-15(2)5-10-17/h4-13H,3,14,23H2,1-2H3,(H,24,28)/b13-8+. The summed E-state index contributed by atoms with van der Waals surface area (Å²) in [6.45, 7) is 4.09. The van der Waals surface area contributed by atoms with Crippen molar-refractivity contribution < 1.29 is 14.3 Å². The number of amides is 1. The van der Waals surface area contributed by atoms with Gasteiger partial charge in [-0.2, -0.15) is 0 Å². The van der Waals surface area contributed by atoms with Crippen molar-refractivity contribution in [1.82, 2.24) is 14.9 Å². The van der Waals surface area contributed by atoms with Crippen LogP contribution >= 0.6 is 11.8 Å². The van der Waals surface area contributed by atoms with E-state index in [1.165, 1.54) is 22.5 Å². The summed E-state index contributed by atoms with van der Waals surface area (Å²) in [5.41, 5.74) is 3.46.